The Morgan fingerprint density at radius 1 is 0.800 bits per heavy atom. The van der Waals surface area contributed by atoms with E-state index in [4.69, 9.17) is 14.2 Å². The normalized spacial score (nSPS) is 9.80. The summed E-state index contributed by atoms with van der Waals surface area (Å²) in [6, 6.07) is 0. The van der Waals surface area contributed by atoms with E-state index in [2.05, 4.69) is 20.8 Å². The first-order valence-corrected chi connectivity index (χ1v) is 6.85. The summed E-state index contributed by atoms with van der Waals surface area (Å²) in [5, 5.41) is 0.888. The molecular weight excluding hydrogens is 208 g/mol. The summed E-state index contributed by atoms with van der Waals surface area (Å²) in [5.74, 6) is 0.610. The minimum atomic E-state index is 0.610. The highest BCUT2D eigenvalue weighted by Crippen LogP contribution is 2.08. The Kier molecular flexibility index (Phi) is 9.47. The Labute approximate surface area is 96.2 Å². The summed E-state index contributed by atoms with van der Waals surface area (Å²) in [5.41, 5.74) is 0. The molecule has 0 aromatic rings. The number of hydrogen-bond acceptors (Lipinski definition) is 3. The zero-order chi connectivity index (χ0) is 11.5. The highest BCUT2D eigenvalue weighted by Gasteiger charge is 2.06. The Morgan fingerprint density at radius 3 is 1.60 bits per heavy atom. The van der Waals surface area contributed by atoms with Gasteiger partial charge in [0.2, 0.25) is 0 Å². The van der Waals surface area contributed by atoms with Crippen LogP contribution < -0.4 is 0 Å². The first kappa shape index (κ1) is 14.4. The van der Waals surface area contributed by atoms with Crippen molar-refractivity contribution < 1.29 is 14.2 Å². The summed E-state index contributed by atoms with van der Waals surface area (Å²) in [6.45, 7) is 8.39. The molecule has 15 heavy (non-hydrogen) atoms. The van der Waals surface area contributed by atoms with Crippen LogP contribution in [0.2, 0.25) is 0 Å². The molecule has 0 heterocycles. The van der Waals surface area contributed by atoms with E-state index in [0.717, 1.165) is 41.5 Å². The molecule has 90 valence electrons. The van der Waals surface area contributed by atoms with E-state index in [-0.39, 0.29) is 0 Å². The molecule has 0 aliphatic rings. The number of hydrogen-bond donors (Lipinski definition) is 0. The minimum Gasteiger partial charge on any atom is -0.497 e. The molecule has 3 nitrogen and oxygen atoms in total. The summed E-state index contributed by atoms with van der Waals surface area (Å²) < 4.78 is 16.6. The van der Waals surface area contributed by atoms with Gasteiger partial charge in [-0.15, -0.1) is 0 Å². The quantitative estimate of drug-likeness (QED) is 0.448. The van der Waals surface area contributed by atoms with Crippen molar-refractivity contribution in [3.8, 4) is 0 Å². The predicted molar refractivity (Wildman–Crippen MR) is 65.7 cm³/mol. The molecule has 0 saturated carbocycles. The second kappa shape index (κ2) is 9.89. The summed E-state index contributed by atoms with van der Waals surface area (Å²) in [6.07, 6.45) is 2.99. The van der Waals surface area contributed by atoms with Crippen LogP contribution in [0.25, 0.3) is 0 Å². The molecule has 0 aliphatic carbocycles. The lowest BCUT2D eigenvalue weighted by atomic mass is 10.5. The molecule has 0 bridgehead atoms. The maximum Gasteiger partial charge on any atom is 0.312 e. The van der Waals surface area contributed by atoms with Gasteiger partial charge in [-0.1, -0.05) is 20.8 Å². The van der Waals surface area contributed by atoms with Gasteiger partial charge in [-0.3, -0.25) is 0 Å². The minimum absolute atomic E-state index is 0.610. The molecular formula is C11H24O3Si. The van der Waals surface area contributed by atoms with Crippen LogP contribution in [0.1, 0.15) is 40.0 Å². The molecule has 0 spiro atoms. The fourth-order valence-electron chi connectivity index (χ4n) is 0.949. The zero-order valence-electron chi connectivity index (χ0n) is 10.5. The molecule has 0 atom stereocenters. The molecule has 0 aromatic carbocycles. The molecule has 4 heteroatoms. The molecule has 0 unspecified atom stereocenters. The van der Waals surface area contributed by atoms with Crippen LogP contribution in [0.5, 0.6) is 0 Å². The molecule has 0 saturated heterocycles. The summed E-state index contributed by atoms with van der Waals surface area (Å²) >= 11 is 0. The van der Waals surface area contributed by atoms with Crippen molar-refractivity contribution in [1.82, 2.24) is 0 Å². The van der Waals surface area contributed by atoms with Crippen molar-refractivity contribution in [2.24, 2.45) is 0 Å². The van der Waals surface area contributed by atoms with Crippen molar-refractivity contribution in [3.63, 3.8) is 0 Å². The smallest absolute Gasteiger partial charge is 0.312 e. The van der Waals surface area contributed by atoms with E-state index in [1.807, 2.05) is 0 Å². The van der Waals surface area contributed by atoms with Crippen molar-refractivity contribution in [1.29, 1.82) is 0 Å². The lowest BCUT2D eigenvalue weighted by Crippen LogP contribution is -2.07. The lowest BCUT2D eigenvalue weighted by molar-refractivity contribution is 0.0184. The largest absolute Gasteiger partial charge is 0.497 e. The van der Waals surface area contributed by atoms with Gasteiger partial charge in [0, 0.05) is 0 Å². The van der Waals surface area contributed by atoms with Crippen LogP contribution in [0.4, 0.5) is 0 Å². The van der Waals surface area contributed by atoms with Crippen molar-refractivity contribution in [2.45, 2.75) is 40.0 Å². The van der Waals surface area contributed by atoms with E-state index < -0.39 is 0 Å². The van der Waals surface area contributed by atoms with Crippen LogP contribution in [0.3, 0.4) is 0 Å². The standard InChI is InChI=1S/C11H24O3Si/c1-4-7-12-10(13-8-5-2)11(15)14-9-6-3/h4-9H2,1-3,15H3. The van der Waals surface area contributed by atoms with E-state index in [0.29, 0.717) is 19.2 Å². The average molecular weight is 232 g/mol. The number of ether oxygens (including phenoxy) is 3. The van der Waals surface area contributed by atoms with E-state index >= 15 is 0 Å². The monoisotopic (exact) mass is 232 g/mol. The molecule has 0 aliphatic heterocycles. The molecule has 0 radical (unpaired) electrons. The first-order chi connectivity index (χ1) is 7.26. The van der Waals surface area contributed by atoms with Gasteiger partial charge in [0.1, 0.15) is 5.38 Å². The van der Waals surface area contributed by atoms with Crippen molar-refractivity contribution in [3.05, 3.63) is 11.3 Å². The maximum absolute atomic E-state index is 5.54. The SMILES string of the molecule is CCCOC([SiH3])=C(OCCC)OCCC. The molecule has 0 N–H and O–H groups in total. The van der Waals surface area contributed by atoms with Crippen LogP contribution in [0.15, 0.2) is 11.3 Å². The number of rotatable bonds is 9. The van der Waals surface area contributed by atoms with Gasteiger partial charge in [-0.05, 0) is 19.3 Å². The van der Waals surface area contributed by atoms with E-state index in [9.17, 15) is 0 Å². The Balaban J connectivity index is 4.14. The zero-order valence-corrected chi connectivity index (χ0v) is 12.5. The third kappa shape index (κ3) is 7.30. The third-order valence-corrected chi connectivity index (χ3v) is 2.38. The summed E-state index contributed by atoms with van der Waals surface area (Å²) in [4.78, 5) is 0. The van der Waals surface area contributed by atoms with Gasteiger partial charge in [0.15, 0.2) is 0 Å². The fourth-order valence-corrected chi connectivity index (χ4v) is 1.44. The van der Waals surface area contributed by atoms with Crippen LogP contribution >= 0.6 is 0 Å². The van der Waals surface area contributed by atoms with Gasteiger partial charge in [-0.25, -0.2) is 0 Å². The molecule has 0 amide bonds. The lowest BCUT2D eigenvalue weighted by Gasteiger charge is -2.14. The highest BCUT2D eigenvalue weighted by atomic mass is 28.1. The van der Waals surface area contributed by atoms with Crippen LogP contribution in [0, 0.1) is 0 Å². The second-order valence-electron chi connectivity index (χ2n) is 3.39. The Bertz CT molecular complexity index is 171. The molecule has 0 rings (SSSR count). The predicted octanol–water partition coefficient (Wildman–Crippen LogP) is 1.76. The van der Waals surface area contributed by atoms with Gasteiger partial charge in [-0.2, -0.15) is 0 Å². The van der Waals surface area contributed by atoms with E-state index in [1.54, 1.807) is 0 Å². The third-order valence-electron chi connectivity index (χ3n) is 1.68. The topological polar surface area (TPSA) is 27.7 Å². The molecule has 0 aromatic heterocycles. The Morgan fingerprint density at radius 2 is 1.20 bits per heavy atom. The Hall–Kier alpha value is -0.643. The second-order valence-corrected chi connectivity index (χ2v) is 4.30. The van der Waals surface area contributed by atoms with Crippen LogP contribution in [-0.4, -0.2) is 30.1 Å². The van der Waals surface area contributed by atoms with Crippen molar-refractivity contribution >= 4 is 10.2 Å². The average Bonchev–Trinajstić information content (AvgIpc) is 2.26. The highest BCUT2D eigenvalue weighted by molar-refractivity contribution is 6.20. The first-order valence-electron chi connectivity index (χ1n) is 5.85. The van der Waals surface area contributed by atoms with E-state index in [1.165, 1.54) is 0 Å². The van der Waals surface area contributed by atoms with Gasteiger partial charge >= 0.3 is 5.95 Å². The van der Waals surface area contributed by atoms with Crippen molar-refractivity contribution in [2.75, 3.05) is 19.8 Å². The van der Waals surface area contributed by atoms with Gasteiger partial charge < -0.3 is 14.2 Å². The maximum atomic E-state index is 5.54. The fraction of sp³-hybridized carbons (Fsp3) is 0.818. The van der Waals surface area contributed by atoms with Gasteiger partial charge in [0.05, 0.1) is 30.1 Å². The van der Waals surface area contributed by atoms with Crippen LogP contribution in [-0.2, 0) is 14.2 Å². The van der Waals surface area contributed by atoms with Gasteiger partial charge in [0.25, 0.3) is 0 Å². The summed E-state index contributed by atoms with van der Waals surface area (Å²) in [7, 11) is 0.828. The molecule has 0 fully saturated rings.